The molecule has 1 aliphatic rings. The van der Waals surface area contributed by atoms with Gasteiger partial charge >= 0.3 is 5.97 Å². The molecule has 8 nitrogen and oxygen atoms in total. The van der Waals surface area contributed by atoms with Crippen LogP contribution in [0.1, 0.15) is 55.4 Å². The van der Waals surface area contributed by atoms with Crippen molar-refractivity contribution in [3.63, 3.8) is 0 Å². The zero-order valence-electron chi connectivity index (χ0n) is 16.5. The minimum Gasteiger partial charge on any atom is -0.449 e. The fraction of sp³-hybridized carbons (Fsp3) is 0.526. The fourth-order valence-corrected chi connectivity index (χ4v) is 5.15. The lowest BCUT2D eigenvalue weighted by Gasteiger charge is -2.34. The molecule has 2 heterocycles. The molecule has 0 spiro atoms. The number of aryl methyl sites for hydroxylation is 1. The van der Waals surface area contributed by atoms with Crippen LogP contribution in [0.4, 0.5) is 0 Å². The number of hydrogen-bond acceptors (Lipinski definition) is 7. The van der Waals surface area contributed by atoms with Crippen LogP contribution in [0, 0.1) is 18.8 Å². The number of sulfonamides is 1. The number of carbonyl (C=O) groups is 1. The molecule has 3 atom stereocenters. The van der Waals surface area contributed by atoms with Crippen molar-refractivity contribution >= 4 is 16.0 Å². The molecule has 0 radical (unpaired) electrons. The first kappa shape index (κ1) is 20.5. The molecule has 0 N–H and O–H groups in total. The van der Waals surface area contributed by atoms with Gasteiger partial charge in [0.1, 0.15) is 0 Å². The summed E-state index contributed by atoms with van der Waals surface area (Å²) in [6, 6.07) is 5.80. The molecule has 1 aromatic carbocycles. The van der Waals surface area contributed by atoms with E-state index in [0.717, 1.165) is 6.42 Å². The van der Waals surface area contributed by atoms with E-state index < -0.39 is 22.1 Å². The average molecular weight is 407 g/mol. The normalized spacial score (nSPS) is 22.0. The van der Waals surface area contributed by atoms with Crippen molar-refractivity contribution < 1.29 is 22.5 Å². The van der Waals surface area contributed by atoms with Crippen molar-refractivity contribution in [3.8, 4) is 0 Å². The van der Waals surface area contributed by atoms with E-state index >= 15 is 0 Å². The number of nitrogens with zero attached hydrogens (tertiary/aromatic N) is 3. The van der Waals surface area contributed by atoms with Gasteiger partial charge in [0.25, 0.3) is 5.89 Å². The smallest absolute Gasteiger partial charge is 0.338 e. The first-order chi connectivity index (χ1) is 13.2. The van der Waals surface area contributed by atoms with Gasteiger partial charge in [0.2, 0.25) is 10.0 Å². The summed E-state index contributed by atoms with van der Waals surface area (Å²) in [6.45, 7) is 8.44. The van der Waals surface area contributed by atoms with Crippen LogP contribution >= 0.6 is 0 Å². The molecule has 28 heavy (non-hydrogen) atoms. The van der Waals surface area contributed by atoms with Crippen LogP contribution < -0.4 is 0 Å². The van der Waals surface area contributed by atoms with E-state index in [-0.39, 0.29) is 16.3 Å². The Kier molecular flexibility index (Phi) is 5.85. The van der Waals surface area contributed by atoms with Crippen molar-refractivity contribution in [2.45, 2.75) is 45.1 Å². The van der Waals surface area contributed by atoms with Gasteiger partial charge < -0.3 is 9.26 Å². The van der Waals surface area contributed by atoms with E-state index in [2.05, 4.69) is 24.0 Å². The predicted molar refractivity (Wildman–Crippen MR) is 101 cm³/mol. The topological polar surface area (TPSA) is 103 Å². The van der Waals surface area contributed by atoms with E-state index in [0.29, 0.717) is 30.7 Å². The van der Waals surface area contributed by atoms with Gasteiger partial charge in [-0.3, -0.25) is 0 Å². The molecule has 0 amide bonds. The largest absolute Gasteiger partial charge is 0.449 e. The summed E-state index contributed by atoms with van der Waals surface area (Å²) in [4.78, 5) is 16.5. The van der Waals surface area contributed by atoms with Crippen molar-refractivity contribution in [1.29, 1.82) is 0 Å². The summed E-state index contributed by atoms with van der Waals surface area (Å²) < 4.78 is 37.6. The Morgan fingerprint density at radius 3 is 2.36 bits per heavy atom. The number of rotatable bonds is 5. The van der Waals surface area contributed by atoms with E-state index in [1.54, 1.807) is 13.8 Å². The van der Waals surface area contributed by atoms with Crippen molar-refractivity contribution in [1.82, 2.24) is 14.4 Å². The zero-order valence-corrected chi connectivity index (χ0v) is 17.3. The molecule has 3 rings (SSSR count). The van der Waals surface area contributed by atoms with E-state index in [1.165, 1.54) is 28.6 Å². The number of hydrogen-bond donors (Lipinski definition) is 0. The molecule has 1 aliphatic heterocycles. The molecule has 1 fully saturated rings. The molecule has 0 saturated carbocycles. The molecule has 1 saturated heterocycles. The quantitative estimate of drug-likeness (QED) is 0.702. The Balaban J connectivity index is 1.71. The van der Waals surface area contributed by atoms with Gasteiger partial charge in [0, 0.05) is 13.1 Å². The maximum Gasteiger partial charge on any atom is 0.338 e. The summed E-state index contributed by atoms with van der Waals surface area (Å²) in [7, 11) is -3.59. The average Bonchev–Trinajstić information content (AvgIpc) is 3.07. The zero-order chi connectivity index (χ0) is 20.5. The maximum atomic E-state index is 12.9. The van der Waals surface area contributed by atoms with Crippen LogP contribution in [0.5, 0.6) is 0 Å². The Morgan fingerprint density at radius 1 is 1.21 bits per heavy atom. The highest BCUT2D eigenvalue weighted by atomic mass is 32.2. The molecule has 3 unspecified atom stereocenters. The molecule has 9 heteroatoms. The number of piperidine rings is 1. The third kappa shape index (κ3) is 4.41. The van der Waals surface area contributed by atoms with Gasteiger partial charge in [-0.25, -0.2) is 13.2 Å². The molecule has 2 aromatic rings. The Labute approximate surface area is 164 Å². The van der Waals surface area contributed by atoms with Crippen LogP contribution in [0.25, 0.3) is 0 Å². The fourth-order valence-electron chi connectivity index (χ4n) is 3.47. The van der Waals surface area contributed by atoms with Gasteiger partial charge in [0.05, 0.1) is 10.5 Å². The van der Waals surface area contributed by atoms with Crippen molar-refractivity contribution in [2.24, 2.45) is 11.8 Å². The number of benzene rings is 1. The van der Waals surface area contributed by atoms with Crippen LogP contribution in [-0.4, -0.2) is 41.9 Å². The summed E-state index contributed by atoms with van der Waals surface area (Å²) in [5.74, 6) is 0.713. The summed E-state index contributed by atoms with van der Waals surface area (Å²) in [5, 5.41) is 3.66. The number of esters is 1. The SMILES string of the molecule is Cc1noc(C(C)OC(=O)c2ccc(S(=O)(=O)N3CC(C)CC(C)C3)cc2)n1. The van der Waals surface area contributed by atoms with Gasteiger partial charge in [-0.15, -0.1) is 0 Å². The second-order valence-electron chi connectivity index (χ2n) is 7.52. The standard InChI is InChI=1S/C19H25N3O5S/c1-12-9-13(2)11-22(10-12)28(24,25)17-7-5-16(6-8-17)19(23)26-14(3)18-20-15(4)21-27-18/h5-8,12-14H,9-11H2,1-4H3. The highest BCUT2D eigenvalue weighted by molar-refractivity contribution is 7.89. The maximum absolute atomic E-state index is 12.9. The first-order valence-corrected chi connectivity index (χ1v) is 10.7. The first-order valence-electron chi connectivity index (χ1n) is 9.28. The van der Waals surface area contributed by atoms with E-state index in [9.17, 15) is 13.2 Å². The van der Waals surface area contributed by atoms with Gasteiger partial charge in [-0.2, -0.15) is 9.29 Å². The Hall–Kier alpha value is -2.26. The lowest BCUT2D eigenvalue weighted by Crippen LogP contribution is -2.42. The van der Waals surface area contributed by atoms with Crippen LogP contribution in [0.15, 0.2) is 33.7 Å². The van der Waals surface area contributed by atoms with E-state index in [1.807, 2.05) is 0 Å². The minimum absolute atomic E-state index is 0.172. The third-order valence-electron chi connectivity index (χ3n) is 4.74. The molecule has 1 aromatic heterocycles. The molecule has 0 aliphatic carbocycles. The highest BCUT2D eigenvalue weighted by Gasteiger charge is 2.31. The molecule has 0 bridgehead atoms. The lowest BCUT2D eigenvalue weighted by molar-refractivity contribution is 0.0265. The molecule has 152 valence electrons. The van der Waals surface area contributed by atoms with Gasteiger partial charge in [0.15, 0.2) is 11.9 Å². The summed E-state index contributed by atoms with van der Waals surface area (Å²) in [6.07, 6.45) is 0.322. The van der Waals surface area contributed by atoms with Crippen molar-refractivity contribution in [2.75, 3.05) is 13.1 Å². The Bertz CT molecular complexity index is 929. The second kappa shape index (κ2) is 8.00. The lowest BCUT2D eigenvalue weighted by atomic mass is 9.94. The second-order valence-corrected chi connectivity index (χ2v) is 9.46. The van der Waals surface area contributed by atoms with Gasteiger partial charge in [-0.05, 0) is 56.4 Å². The van der Waals surface area contributed by atoms with Crippen LogP contribution in [0.3, 0.4) is 0 Å². The van der Waals surface area contributed by atoms with E-state index in [4.69, 9.17) is 9.26 Å². The number of carbonyl (C=O) groups excluding carboxylic acids is 1. The summed E-state index contributed by atoms with van der Waals surface area (Å²) >= 11 is 0. The number of ether oxygens (including phenoxy) is 1. The highest BCUT2D eigenvalue weighted by Crippen LogP contribution is 2.27. The molecular formula is C19H25N3O5S. The van der Waals surface area contributed by atoms with Crippen LogP contribution in [-0.2, 0) is 14.8 Å². The Morgan fingerprint density at radius 2 is 1.82 bits per heavy atom. The van der Waals surface area contributed by atoms with Gasteiger partial charge in [-0.1, -0.05) is 19.0 Å². The monoisotopic (exact) mass is 407 g/mol. The van der Waals surface area contributed by atoms with Crippen LogP contribution in [0.2, 0.25) is 0 Å². The predicted octanol–water partition coefficient (Wildman–Crippen LogP) is 2.96. The van der Waals surface area contributed by atoms with Crippen molar-refractivity contribution in [3.05, 3.63) is 41.5 Å². The minimum atomic E-state index is -3.59. The number of aromatic nitrogens is 2. The summed E-state index contributed by atoms with van der Waals surface area (Å²) in [5.41, 5.74) is 0.252. The third-order valence-corrected chi connectivity index (χ3v) is 6.58. The molecular weight excluding hydrogens is 382 g/mol.